The van der Waals surface area contributed by atoms with E-state index < -0.39 is 17.7 Å². The highest BCUT2D eigenvalue weighted by Crippen LogP contribution is 2.18. The van der Waals surface area contributed by atoms with E-state index in [4.69, 9.17) is 0 Å². The lowest BCUT2D eigenvalue weighted by Gasteiger charge is -2.03. The van der Waals surface area contributed by atoms with Crippen molar-refractivity contribution in [3.8, 4) is 0 Å². The van der Waals surface area contributed by atoms with Crippen LogP contribution >= 0.6 is 0 Å². The largest absolute Gasteiger partial charge is 0.465 e. The first-order valence-electron chi connectivity index (χ1n) is 6.36. The molecule has 0 saturated carbocycles. The number of aromatic amines is 1. The van der Waals surface area contributed by atoms with Gasteiger partial charge >= 0.3 is 11.9 Å². The molecule has 0 aliphatic carbocycles. The average Bonchev–Trinajstić information content (AvgIpc) is 2.98. The minimum Gasteiger partial charge on any atom is -0.465 e. The van der Waals surface area contributed by atoms with Gasteiger partial charge < -0.3 is 9.47 Å². The Kier molecular flexibility index (Phi) is 4.36. The first-order chi connectivity index (χ1) is 10.5. The van der Waals surface area contributed by atoms with Crippen LogP contribution in [-0.2, 0) is 9.47 Å². The number of carbonyl (C=O) groups is 3. The molecule has 0 radical (unpaired) electrons. The molecule has 0 spiro atoms. The molecule has 0 aliphatic heterocycles. The summed E-state index contributed by atoms with van der Waals surface area (Å²) in [6.07, 6.45) is 0. The van der Waals surface area contributed by atoms with Gasteiger partial charge in [-0.3, -0.25) is 9.89 Å². The number of carbonyl (C=O) groups excluding carboxylic acids is 3. The summed E-state index contributed by atoms with van der Waals surface area (Å²) in [4.78, 5) is 36.0. The maximum Gasteiger partial charge on any atom is 0.357 e. The molecule has 0 atom stereocenters. The second-order valence-electron chi connectivity index (χ2n) is 4.50. The number of hydrogen-bond donors (Lipinski definition) is 1. The van der Waals surface area contributed by atoms with Gasteiger partial charge in [-0.25, -0.2) is 9.59 Å². The van der Waals surface area contributed by atoms with Crippen molar-refractivity contribution in [2.75, 3.05) is 14.2 Å². The third-order valence-electron chi connectivity index (χ3n) is 3.07. The standard InChI is InChI=1S/C15H14N2O5/c1-8-4-6-9(7-5-8)13(18)11-10(14(19)21-2)12(17-16-11)15(20)22-3/h4-7H,1-3H3,(H,16,17). The zero-order valence-electron chi connectivity index (χ0n) is 12.3. The fourth-order valence-electron chi connectivity index (χ4n) is 1.90. The Hall–Kier alpha value is -2.96. The van der Waals surface area contributed by atoms with Crippen molar-refractivity contribution in [2.45, 2.75) is 6.92 Å². The quantitative estimate of drug-likeness (QED) is 0.679. The molecular weight excluding hydrogens is 288 g/mol. The number of methoxy groups -OCH3 is 2. The number of esters is 2. The van der Waals surface area contributed by atoms with Crippen LogP contribution in [0, 0.1) is 6.92 Å². The van der Waals surface area contributed by atoms with E-state index in [1.807, 2.05) is 6.92 Å². The highest BCUT2D eigenvalue weighted by molar-refractivity contribution is 6.16. The molecule has 22 heavy (non-hydrogen) atoms. The smallest absolute Gasteiger partial charge is 0.357 e. The van der Waals surface area contributed by atoms with Gasteiger partial charge in [0.15, 0.2) is 5.69 Å². The third kappa shape index (κ3) is 2.73. The van der Waals surface area contributed by atoms with Gasteiger partial charge in [0.25, 0.3) is 0 Å². The van der Waals surface area contributed by atoms with E-state index in [9.17, 15) is 14.4 Å². The maximum absolute atomic E-state index is 12.5. The number of rotatable bonds is 4. The van der Waals surface area contributed by atoms with Crippen molar-refractivity contribution >= 4 is 17.7 Å². The zero-order valence-corrected chi connectivity index (χ0v) is 12.3. The summed E-state index contributed by atoms with van der Waals surface area (Å²) < 4.78 is 9.17. The molecule has 1 N–H and O–H groups in total. The van der Waals surface area contributed by atoms with Crippen molar-refractivity contribution in [1.82, 2.24) is 10.2 Å². The Labute approximate surface area is 126 Å². The van der Waals surface area contributed by atoms with Crippen LogP contribution in [0.3, 0.4) is 0 Å². The van der Waals surface area contributed by atoms with Crippen molar-refractivity contribution in [3.63, 3.8) is 0 Å². The number of nitrogens with one attached hydrogen (secondary N) is 1. The number of ether oxygens (including phenoxy) is 2. The molecule has 1 aromatic heterocycles. The van der Waals surface area contributed by atoms with E-state index in [0.717, 1.165) is 19.8 Å². The number of aromatic nitrogens is 2. The van der Waals surface area contributed by atoms with E-state index in [2.05, 4.69) is 19.7 Å². The maximum atomic E-state index is 12.5. The minimum absolute atomic E-state index is 0.184. The summed E-state index contributed by atoms with van der Waals surface area (Å²) in [5.74, 6) is -2.15. The Morgan fingerprint density at radius 1 is 1.00 bits per heavy atom. The van der Waals surface area contributed by atoms with Gasteiger partial charge in [-0.05, 0) is 6.92 Å². The summed E-state index contributed by atoms with van der Waals surface area (Å²) >= 11 is 0. The molecule has 1 heterocycles. The van der Waals surface area contributed by atoms with Crippen LogP contribution in [0.15, 0.2) is 24.3 Å². The number of benzene rings is 1. The first-order valence-corrected chi connectivity index (χ1v) is 6.36. The van der Waals surface area contributed by atoms with Crippen LogP contribution < -0.4 is 0 Å². The molecular formula is C15H14N2O5. The van der Waals surface area contributed by atoms with Gasteiger partial charge in [-0.1, -0.05) is 29.8 Å². The van der Waals surface area contributed by atoms with Crippen LogP contribution in [0.5, 0.6) is 0 Å². The Balaban J connectivity index is 2.53. The van der Waals surface area contributed by atoms with Crippen molar-refractivity contribution in [2.24, 2.45) is 0 Å². The fourth-order valence-corrected chi connectivity index (χ4v) is 1.90. The topological polar surface area (TPSA) is 98.4 Å². The Morgan fingerprint density at radius 2 is 1.59 bits per heavy atom. The Bertz CT molecular complexity index is 731. The van der Waals surface area contributed by atoms with E-state index in [1.165, 1.54) is 0 Å². The van der Waals surface area contributed by atoms with E-state index in [0.29, 0.717) is 5.56 Å². The van der Waals surface area contributed by atoms with Crippen molar-refractivity contribution in [1.29, 1.82) is 0 Å². The van der Waals surface area contributed by atoms with Crippen LogP contribution in [0.2, 0.25) is 0 Å². The SMILES string of the molecule is COC(=O)c1[nH]nc(C(=O)c2ccc(C)cc2)c1C(=O)OC. The van der Waals surface area contributed by atoms with Crippen LogP contribution in [-0.4, -0.2) is 42.1 Å². The summed E-state index contributed by atoms with van der Waals surface area (Å²) in [5, 5.41) is 6.13. The molecule has 114 valence electrons. The van der Waals surface area contributed by atoms with E-state index >= 15 is 0 Å². The molecule has 1 aromatic carbocycles. The molecule has 0 aliphatic rings. The van der Waals surface area contributed by atoms with Crippen molar-refractivity contribution in [3.05, 3.63) is 52.3 Å². The number of hydrogen-bond acceptors (Lipinski definition) is 6. The molecule has 2 rings (SSSR count). The Morgan fingerprint density at radius 3 is 2.14 bits per heavy atom. The normalized spacial score (nSPS) is 10.1. The number of nitrogens with zero attached hydrogens (tertiary/aromatic N) is 1. The summed E-state index contributed by atoms with van der Waals surface area (Å²) in [5.41, 5.74) is 0.696. The monoisotopic (exact) mass is 302 g/mol. The zero-order chi connectivity index (χ0) is 16.3. The second kappa shape index (κ2) is 6.21. The van der Waals surface area contributed by atoms with Crippen LogP contribution in [0.4, 0.5) is 0 Å². The minimum atomic E-state index is -0.843. The molecule has 0 bridgehead atoms. The van der Waals surface area contributed by atoms with Gasteiger partial charge in [0, 0.05) is 5.56 Å². The number of aryl methyl sites for hydroxylation is 1. The van der Waals surface area contributed by atoms with Gasteiger partial charge in [-0.15, -0.1) is 0 Å². The molecule has 0 amide bonds. The van der Waals surface area contributed by atoms with Gasteiger partial charge in [0.2, 0.25) is 5.78 Å². The molecule has 2 aromatic rings. The highest BCUT2D eigenvalue weighted by atomic mass is 16.5. The van der Waals surface area contributed by atoms with Gasteiger partial charge in [0.1, 0.15) is 11.3 Å². The summed E-state index contributed by atoms with van der Waals surface area (Å²) in [7, 11) is 2.31. The van der Waals surface area contributed by atoms with Crippen LogP contribution in [0.25, 0.3) is 0 Å². The molecule has 7 nitrogen and oxygen atoms in total. The lowest BCUT2D eigenvalue weighted by atomic mass is 10.0. The van der Waals surface area contributed by atoms with E-state index in [-0.39, 0.29) is 17.0 Å². The van der Waals surface area contributed by atoms with E-state index in [1.54, 1.807) is 24.3 Å². The van der Waals surface area contributed by atoms with Crippen LogP contribution in [0.1, 0.15) is 42.5 Å². The van der Waals surface area contributed by atoms with Gasteiger partial charge in [0.05, 0.1) is 14.2 Å². The predicted octanol–water partition coefficient (Wildman–Crippen LogP) is 1.52. The number of H-pyrrole nitrogens is 1. The first kappa shape index (κ1) is 15.4. The molecule has 0 unspecified atom stereocenters. The fraction of sp³-hybridized carbons (Fsp3) is 0.200. The number of ketones is 1. The average molecular weight is 302 g/mol. The summed E-state index contributed by atoms with van der Waals surface area (Å²) in [6, 6.07) is 6.76. The highest BCUT2D eigenvalue weighted by Gasteiger charge is 2.30. The van der Waals surface area contributed by atoms with Crippen molar-refractivity contribution < 1.29 is 23.9 Å². The van der Waals surface area contributed by atoms with Gasteiger partial charge in [-0.2, -0.15) is 5.10 Å². The lowest BCUT2D eigenvalue weighted by molar-refractivity contribution is 0.0551. The summed E-state index contributed by atoms with van der Waals surface area (Å²) in [6.45, 7) is 1.89. The third-order valence-corrected chi connectivity index (χ3v) is 3.07. The second-order valence-corrected chi connectivity index (χ2v) is 4.50. The lowest BCUT2D eigenvalue weighted by Crippen LogP contribution is -2.14. The molecule has 0 saturated heterocycles. The molecule has 0 fully saturated rings. The predicted molar refractivity (Wildman–Crippen MR) is 75.9 cm³/mol. The molecule has 7 heteroatoms.